The average Bonchev–Trinajstić information content (AvgIpc) is 3.45. The Morgan fingerprint density at radius 3 is 2.62 bits per heavy atom. The maximum Gasteiger partial charge on any atom is 0.410 e. The number of aromatic nitrogens is 4. The van der Waals surface area contributed by atoms with Gasteiger partial charge in [-0.15, -0.1) is 0 Å². The van der Waals surface area contributed by atoms with Gasteiger partial charge in [0.15, 0.2) is 5.89 Å². The zero-order valence-electron chi connectivity index (χ0n) is 22.4. The van der Waals surface area contributed by atoms with Gasteiger partial charge in [-0.3, -0.25) is 9.20 Å². The van der Waals surface area contributed by atoms with Gasteiger partial charge in [-0.2, -0.15) is 0 Å². The fourth-order valence-electron chi connectivity index (χ4n) is 4.33. The van der Waals surface area contributed by atoms with Gasteiger partial charge in [0.25, 0.3) is 5.91 Å². The van der Waals surface area contributed by atoms with Crippen LogP contribution in [0.1, 0.15) is 54.9 Å². The number of amides is 2. The minimum Gasteiger partial charge on any atom is -0.444 e. The zero-order valence-corrected chi connectivity index (χ0v) is 22.4. The van der Waals surface area contributed by atoms with Gasteiger partial charge < -0.3 is 19.4 Å². The van der Waals surface area contributed by atoms with Crippen LogP contribution in [-0.4, -0.2) is 54.9 Å². The van der Waals surface area contributed by atoms with Crippen LogP contribution >= 0.6 is 0 Å². The maximum absolute atomic E-state index is 14.8. The van der Waals surface area contributed by atoms with Gasteiger partial charge in [0.1, 0.15) is 11.4 Å². The highest BCUT2D eigenvalue weighted by Gasteiger charge is 2.24. The molecule has 202 valence electrons. The lowest BCUT2D eigenvalue weighted by Gasteiger charge is -2.29. The number of hydrogen-bond donors (Lipinski definition) is 1. The number of benzene rings is 1. The van der Waals surface area contributed by atoms with E-state index in [2.05, 4.69) is 20.3 Å². The Morgan fingerprint density at radius 2 is 1.95 bits per heavy atom. The van der Waals surface area contributed by atoms with Crippen molar-refractivity contribution in [1.82, 2.24) is 24.3 Å². The smallest absolute Gasteiger partial charge is 0.410 e. The molecule has 3 aromatic heterocycles. The molecule has 39 heavy (non-hydrogen) atoms. The normalized spacial score (nSPS) is 13.9. The minimum atomic E-state index is -0.547. The van der Waals surface area contributed by atoms with Gasteiger partial charge in [0.05, 0.1) is 11.4 Å². The van der Waals surface area contributed by atoms with Gasteiger partial charge in [0.2, 0.25) is 11.5 Å². The summed E-state index contributed by atoms with van der Waals surface area (Å²) in [7, 11) is 0. The Kier molecular flexibility index (Phi) is 6.67. The zero-order chi connectivity index (χ0) is 27.9. The van der Waals surface area contributed by atoms with Crippen LogP contribution in [0.5, 0.6) is 0 Å². The summed E-state index contributed by atoms with van der Waals surface area (Å²) in [6, 6.07) is 4.26. The van der Waals surface area contributed by atoms with Crippen molar-refractivity contribution in [1.29, 1.82) is 0 Å². The lowest BCUT2D eigenvalue weighted by Crippen LogP contribution is -2.39. The minimum absolute atomic E-state index is 0.106. The predicted octanol–water partition coefficient (Wildman–Crippen LogP) is 5.42. The van der Waals surface area contributed by atoms with E-state index in [4.69, 9.17) is 9.15 Å². The number of oxazole rings is 1. The number of ether oxygens (including phenoxy) is 1. The molecule has 0 atom stereocenters. The first-order chi connectivity index (χ1) is 18.5. The number of fused-ring (bicyclic) bond motifs is 1. The third-order valence-corrected chi connectivity index (χ3v) is 6.15. The van der Waals surface area contributed by atoms with Crippen LogP contribution in [-0.2, 0) is 4.74 Å². The van der Waals surface area contributed by atoms with Crippen LogP contribution in [0.15, 0.2) is 47.3 Å². The quantitative estimate of drug-likeness (QED) is 0.373. The third-order valence-electron chi connectivity index (χ3n) is 6.15. The Labute approximate surface area is 224 Å². The first-order valence-corrected chi connectivity index (χ1v) is 12.5. The first-order valence-electron chi connectivity index (χ1n) is 12.5. The Hall–Kier alpha value is -4.54. The third kappa shape index (κ3) is 5.66. The number of carbonyl (C=O) groups excluding carboxylic acids is 2. The molecule has 0 saturated heterocycles. The van der Waals surface area contributed by atoms with Gasteiger partial charge >= 0.3 is 6.09 Å². The number of aryl methyl sites for hydroxylation is 2. The lowest BCUT2D eigenvalue weighted by molar-refractivity contribution is 0.0270. The van der Waals surface area contributed by atoms with Crippen LogP contribution < -0.4 is 5.32 Å². The van der Waals surface area contributed by atoms with Crippen molar-refractivity contribution in [2.75, 3.05) is 18.4 Å². The fraction of sp³-hybridized carbons (Fsp3) is 0.321. The summed E-state index contributed by atoms with van der Waals surface area (Å²) in [6.45, 7) is 9.84. The number of rotatable bonds is 4. The molecule has 1 N–H and O–H groups in total. The molecule has 1 aromatic carbocycles. The number of nitrogens with one attached hydrogen (secondary N) is 1. The first kappa shape index (κ1) is 26.1. The van der Waals surface area contributed by atoms with E-state index in [1.54, 1.807) is 35.5 Å². The van der Waals surface area contributed by atoms with Crippen molar-refractivity contribution in [2.45, 2.75) is 46.6 Å². The largest absolute Gasteiger partial charge is 0.444 e. The van der Waals surface area contributed by atoms with Gasteiger partial charge in [-0.05, 0) is 57.9 Å². The summed E-state index contributed by atoms with van der Waals surface area (Å²) in [5.41, 5.74) is 2.83. The molecule has 10 nitrogen and oxygen atoms in total. The van der Waals surface area contributed by atoms with Crippen molar-refractivity contribution in [3.05, 3.63) is 71.6 Å². The molecule has 4 heterocycles. The van der Waals surface area contributed by atoms with Gasteiger partial charge in [0, 0.05) is 55.4 Å². The molecule has 11 heteroatoms. The van der Waals surface area contributed by atoms with E-state index in [1.807, 2.05) is 33.0 Å². The van der Waals surface area contributed by atoms with Gasteiger partial charge in [-0.25, -0.2) is 24.1 Å². The number of halogens is 1. The lowest BCUT2D eigenvalue weighted by atomic mass is 10.0. The highest BCUT2D eigenvalue weighted by Crippen LogP contribution is 2.28. The average molecular weight is 533 g/mol. The summed E-state index contributed by atoms with van der Waals surface area (Å²) >= 11 is 0. The molecule has 0 radical (unpaired) electrons. The van der Waals surface area contributed by atoms with Crippen molar-refractivity contribution in [2.24, 2.45) is 0 Å². The summed E-state index contributed by atoms with van der Waals surface area (Å²) in [5, 5.41) is 2.73. The second-order valence-corrected chi connectivity index (χ2v) is 10.4. The standard InChI is InChI=1S/C28H29FN6O4/c1-16-24(38-17(2)31-16)25(36)32-20-6-7-22(29)21(12-20)23-15-35-14-19(13-30-26(35)33-23)18-8-10-34(11-9-18)27(37)39-28(3,4)5/h6-8,12-15H,9-11H2,1-5H3,(H,32,36). The molecule has 0 fully saturated rings. The van der Waals surface area contributed by atoms with Gasteiger partial charge in [-0.1, -0.05) is 6.08 Å². The van der Waals surface area contributed by atoms with E-state index in [-0.39, 0.29) is 17.4 Å². The number of carbonyl (C=O) groups is 2. The van der Waals surface area contributed by atoms with Crippen LogP contribution in [0.3, 0.4) is 0 Å². The Balaban J connectivity index is 1.35. The second kappa shape index (κ2) is 9.97. The summed E-state index contributed by atoms with van der Waals surface area (Å²) in [4.78, 5) is 39.7. The molecule has 1 aliphatic rings. The topological polar surface area (TPSA) is 115 Å². The molecule has 0 unspecified atom stereocenters. The van der Waals surface area contributed by atoms with Crippen LogP contribution in [0.2, 0.25) is 0 Å². The van der Waals surface area contributed by atoms with E-state index in [0.29, 0.717) is 48.3 Å². The van der Waals surface area contributed by atoms with Crippen LogP contribution in [0.4, 0.5) is 14.9 Å². The molecule has 0 saturated carbocycles. The Morgan fingerprint density at radius 1 is 1.15 bits per heavy atom. The van der Waals surface area contributed by atoms with Crippen molar-refractivity contribution < 1.29 is 23.1 Å². The van der Waals surface area contributed by atoms with E-state index in [9.17, 15) is 14.0 Å². The summed E-state index contributed by atoms with van der Waals surface area (Å²) < 4.78 is 27.4. The van der Waals surface area contributed by atoms with Crippen molar-refractivity contribution >= 4 is 29.0 Å². The molecule has 4 aromatic rings. The Bertz CT molecular complexity index is 1610. The molecule has 0 aliphatic carbocycles. The van der Waals surface area contributed by atoms with Crippen molar-refractivity contribution in [3.63, 3.8) is 0 Å². The van der Waals surface area contributed by atoms with E-state index >= 15 is 0 Å². The van der Waals surface area contributed by atoms with Crippen molar-refractivity contribution in [3.8, 4) is 11.3 Å². The van der Waals surface area contributed by atoms with E-state index in [0.717, 1.165) is 11.1 Å². The summed E-state index contributed by atoms with van der Waals surface area (Å²) in [5.74, 6) is -0.0620. The highest BCUT2D eigenvalue weighted by atomic mass is 19.1. The number of imidazole rings is 1. The second-order valence-electron chi connectivity index (χ2n) is 10.4. The highest BCUT2D eigenvalue weighted by molar-refractivity contribution is 6.03. The van der Waals surface area contributed by atoms with E-state index < -0.39 is 17.3 Å². The number of hydrogen-bond acceptors (Lipinski definition) is 7. The van der Waals surface area contributed by atoms with Crippen LogP contribution in [0.25, 0.3) is 22.6 Å². The van der Waals surface area contributed by atoms with Crippen LogP contribution in [0, 0.1) is 19.7 Å². The summed E-state index contributed by atoms with van der Waals surface area (Å²) in [6.07, 6.45) is 7.59. The fourth-order valence-corrected chi connectivity index (χ4v) is 4.33. The maximum atomic E-state index is 14.8. The molecular formula is C28H29FN6O4. The predicted molar refractivity (Wildman–Crippen MR) is 143 cm³/mol. The molecule has 0 bridgehead atoms. The number of nitrogens with zero attached hydrogens (tertiary/aromatic N) is 5. The molecule has 1 aliphatic heterocycles. The monoisotopic (exact) mass is 532 g/mol. The van der Waals surface area contributed by atoms with E-state index in [1.165, 1.54) is 18.2 Å². The SMILES string of the molecule is Cc1nc(C)c(C(=O)Nc2ccc(F)c(-c3cn4cc(C5=CCN(C(=O)OC(C)(C)C)CC5)cnc4n3)c2)o1. The molecule has 0 spiro atoms. The number of anilines is 1. The molecular weight excluding hydrogens is 503 g/mol. The molecule has 5 rings (SSSR count). The molecule has 2 amide bonds.